The van der Waals surface area contributed by atoms with Crippen molar-refractivity contribution in [2.75, 3.05) is 4.90 Å². The summed E-state index contributed by atoms with van der Waals surface area (Å²) in [5.41, 5.74) is 6.39. The Morgan fingerprint density at radius 3 is 2.42 bits per heavy atom. The molecule has 0 radical (unpaired) electrons. The molecule has 0 bridgehead atoms. The van der Waals surface area contributed by atoms with Crippen molar-refractivity contribution in [2.45, 2.75) is 13.5 Å². The normalized spacial score (nSPS) is 12.8. The zero-order valence-electron chi connectivity index (χ0n) is 14.4. The number of rotatable bonds is 1. The second-order valence-electron chi connectivity index (χ2n) is 6.42. The fourth-order valence-corrected chi connectivity index (χ4v) is 3.52. The van der Waals surface area contributed by atoms with Crippen molar-refractivity contribution in [3.8, 4) is 11.1 Å². The Morgan fingerprint density at radius 2 is 1.65 bits per heavy atom. The summed E-state index contributed by atoms with van der Waals surface area (Å²) in [6, 6.07) is 22.3. The molecule has 1 aliphatic rings. The first-order valence-corrected chi connectivity index (χ1v) is 8.94. The third-order valence-electron chi connectivity index (χ3n) is 4.68. The van der Waals surface area contributed by atoms with Crippen LogP contribution >= 0.6 is 11.6 Å². The van der Waals surface area contributed by atoms with Gasteiger partial charge in [-0.25, -0.2) is 0 Å². The van der Waals surface area contributed by atoms with Gasteiger partial charge in [0.2, 0.25) is 5.91 Å². The first-order valence-electron chi connectivity index (χ1n) is 8.56. The second-order valence-corrected chi connectivity index (χ2v) is 6.86. The van der Waals surface area contributed by atoms with Crippen LogP contribution < -0.4 is 4.90 Å². The van der Waals surface area contributed by atoms with Crippen LogP contribution in [0.1, 0.15) is 23.6 Å². The fourth-order valence-electron chi connectivity index (χ4n) is 3.34. The van der Waals surface area contributed by atoms with Gasteiger partial charge >= 0.3 is 0 Å². The SMILES string of the molecule is CC(=O)N1Cc2cc(-c3ccccc3)ccc2C=Cc2cc(Cl)ccc21. The number of carbonyl (C=O) groups excluding carboxylic acids is 1. The third kappa shape index (κ3) is 3.16. The van der Waals surface area contributed by atoms with Crippen LogP contribution in [0.15, 0.2) is 66.7 Å². The molecule has 3 aromatic carbocycles. The monoisotopic (exact) mass is 359 g/mol. The number of benzene rings is 3. The molecule has 0 aliphatic carbocycles. The van der Waals surface area contributed by atoms with Crippen molar-refractivity contribution in [3.05, 3.63) is 88.4 Å². The first-order chi connectivity index (χ1) is 12.6. The molecular formula is C23H18ClNO. The van der Waals surface area contributed by atoms with Crippen LogP contribution in [-0.4, -0.2) is 5.91 Å². The lowest BCUT2D eigenvalue weighted by atomic mass is 9.96. The summed E-state index contributed by atoms with van der Waals surface area (Å²) in [6.45, 7) is 2.13. The molecule has 3 heteroatoms. The van der Waals surface area contributed by atoms with Crippen molar-refractivity contribution in [1.82, 2.24) is 0 Å². The molecule has 4 rings (SSSR count). The Labute approximate surface area is 158 Å². The van der Waals surface area contributed by atoms with Crippen molar-refractivity contribution in [3.63, 3.8) is 0 Å². The number of carbonyl (C=O) groups is 1. The molecular weight excluding hydrogens is 342 g/mol. The molecule has 0 aromatic heterocycles. The van der Waals surface area contributed by atoms with E-state index < -0.39 is 0 Å². The summed E-state index contributed by atoms with van der Waals surface area (Å²) in [6.07, 6.45) is 4.12. The molecule has 128 valence electrons. The zero-order chi connectivity index (χ0) is 18.1. The van der Waals surface area contributed by atoms with Gasteiger partial charge in [0.1, 0.15) is 0 Å². The van der Waals surface area contributed by atoms with E-state index in [2.05, 4.69) is 36.4 Å². The van der Waals surface area contributed by atoms with Crippen LogP contribution in [0.4, 0.5) is 5.69 Å². The number of amides is 1. The maximum Gasteiger partial charge on any atom is 0.224 e. The molecule has 3 aromatic rings. The third-order valence-corrected chi connectivity index (χ3v) is 4.92. The maximum atomic E-state index is 12.3. The topological polar surface area (TPSA) is 20.3 Å². The summed E-state index contributed by atoms with van der Waals surface area (Å²) >= 11 is 6.15. The van der Waals surface area contributed by atoms with E-state index >= 15 is 0 Å². The molecule has 0 saturated heterocycles. The molecule has 0 saturated carbocycles. The predicted molar refractivity (Wildman–Crippen MR) is 109 cm³/mol. The number of hydrogen-bond donors (Lipinski definition) is 0. The Hall–Kier alpha value is -2.84. The quantitative estimate of drug-likeness (QED) is 0.518. The van der Waals surface area contributed by atoms with Gasteiger partial charge in [-0.3, -0.25) is 4.79 Å². The van der Waals surface area contributed by atoms with Crippen LogP contribution in [0, 0.1) is 0 Å². The standard InChI is InChI=1S/C23H18ClNO/c1-16(26)25-15-21-13-19(17-5-3-2-4-6-17)9-7-18(21)8-10-20-14-22(24)11-12-23(20)25/h2-14H,15H2,1H3. The van der Waals surface area contributed by atoms with Crippen LogP contribution in [0.2, 0.25) is 5.02 Å². The van der Waals surface area contributed by atoms with E-state index in [0.29, 0.717) is 11.6 Å². The van der Waals surface area contributed by atoms with Gasteiger partial charge in [-0.05, 0) is 52.1 Å². The van der Waals surface area contributed by atoms with Crippen molar-refractivity contribution >= 4 is 35.3 Å². The number of halogens is 1. The highest BCUT2D eigenvalue weighted by molar-refractivity contribution is 6.30. The second kappa shape index (κ2) is 6.81. The van der Waals surface area contributed by atoms with Crippen LogP contribution in [0.3, 0.4) is 0 Å². The molecule has 1 amide bonds. The Balaban J connectivity index is 1.84. The first kappa shape index (κ1) is 16.6. The summed E-state index contributed by atoms with van der Waals surface area (Å²) in [5, 5.41) is 0.664. The Kier molecular flexibility index (Phi) is 4.36. The number of fused-ring (bicyclic) bond motifs is 2. The van der Waals surface area contributed by atoms with Gasteiger partial charge in [0.25, 0.3) is 0 Å². The van der Waals surface area contributed by atoms with Crippen molar-refractivity contribution in [1.29, 1.82) is 0 Å². The van der Waals surface area contributed by atoms with Gasteiger partial charge in [-0.15, -0.1) is 0 Å². The lowest BCUT2D eigenvalue weighted by Gasteiger charge is -2.26. The van der Waals surface area contributed by atoms with E-state index in [1.807, 2.05) is 47.4 Å². The number of nitrogens with zero attached hydrogens (tertiary/aromatic N) is 1. The number of anilines is 1. The van der Waals surface area contributed by atoms with Crippen LogP contribution in [-0.2, 0) is 11.3 Å². The molecule has 0 fully saturated rings. The highest BCUT2D eigenvalue weighted by Gasteiger charge is 2.19. The van der Waals surface area contributed by atoms with Gasteiger partial charge in [0.15, 0.2) is 0 Å². The summed E-state index contributed by atoms with van der Waals surface area (Å²) in [7, 11) is 0. The molecule has 1 aliphatic heterocycles. The molecule has 0 atom stereocenters. The minimum absolute atomic E-state index is 0.0138. The highest BCUT2D eigenvalue weighted by Crippen LogP contribution is 2.32. The van der Waals surface area contributed by atoms with E-state index in [1.54, 1.807) is 6.92 Å². The van der Waals surface area contributed by atoms with Gasteiger partial charge in [-0.1, -0.05) is 66.2 Å². The average molecular weight is 360 g/mol. The highest BCUT2D eigenvalue weighted by atomic mass is 35.5. The van der Waals surface area contributed by atoms with Crippen LogP contribution in [0.5, 0.6) is 0 Å². The molecule has 0 spiro atoms. The Morgan fingerprint density at radius 1 is 0.885 bits per heavy atom. The minimum Gasteiger partial charge on any atom is -0.308 e. The predicted octanol–water partition coefficient (Wildman–Crippen LogP) is 6.04. The van der Waals surface area contributed by atoms with Crippen molar-refractivity contribution < 1.29 is 4.79 Å². The Bertz CT molecular complexity index is 1010. The lowest BCUT2D eigenvalue weighted by molar-refractivity contribution is -0.116. The summed E-state index contributed by atoms with van der Waals surface area (Å²) in [5.74, 6) is 0.0138. The largest absolute Gasteiger partial charge is 0.308 e. The molecule has 2 nitrogen and oxygen atoms in total. The summed E-state index contributed by atoms with van der Waals surface area (Å²) < 4.78 is 0. The maximum absolute atomic E-state index is 12.3. The molecule has 0 unspecified atom stereocenters. The van der Waals surface area contributed by atoms with E-state index in [4.69, 9.17) is 11.6 Å². The van der Waals surface area contributed by atoms with E-state index in [0.717, 1.165) is 27.9 Å². The van der Waals surface area contributed by atoms with E-state index in [-0.39, 0.29) is 5.91 Å². The fraction of sp³-hybridized carbons (Fsp3) is 0.0870. The number of hydrogen-bond acceptors (Lipinski definition) is 1. The van der Waals surface area contributed by atoms with Gasteiger partial charge < -0.3 is 4.90 Å². The zero-order valence-corrected chi connectivity index (χ0v) is 15.2. The molecule has 0 N–H and O–H groups in total. The lowest BCUT2D eigenvalue weighted by Crippen LogP contribution is -2.29. The smallest absolute Gasteiger partial charge is 0.224 e. The molecule has 26 heavy (non-hydrogen) atoms. The van der Waals surface area contributed by atoms with E-state index in [9.17, 15) is 4.79 Å². The van der Waals surface area contributed by atoms with Gasteiger partial charge in [-0.2, -0.15) is 0 Å². The molecule has 1 heterocycles. The van der Waals surface area contributed by atoms with Crippen LogP contribution in [0.25, 0.3) is 23.3 Å². The minimum atomic E-state index is 0.0138. The van der Waals surface area contributed by atoms with Crippen molar-refractivity contribution in [2.24, 2.45) is 0 Å². The van der Waals surface area contributed by atoms with Gasteiger partial charge in [0.05, 0.1) is 12.2 Å². The van der Waals surface area contributed by atoms with Gasteiger partial charge in [0, 0.05) is 11.9 Å². The average Bonchev–Trinajstić information content (AvgIpc) is 2.64. The summed E-state index contributed by atoms with van der Waals surface area (Å²) in [4.78, 5) is 14.2. The van der Waals surface area contributed by atoms with E-state index in [1.165, 1.54) is 5.56 Å².